The fourth-order valence-corrected chi connectivity index (χ4v) is 0.733. The van der Waals surface area contributed by atoms with Crippen molar-refractivity contribution in [3.63, 3.8) is 0 Å². The third-order valence-corrected chi connectivity index (χ3v) is 1.25. The van der Waals surface area contributed by atoms with Gasteiger partial charge in [-0.05, 0) is 6.07 Å². The van der Waals surface area contributed by atoms with Gasteiger partial charge < -0.3 is 4.74 Å². The molecule has 0 amide bonds. The molecule has 0 aliphatic heterocycles. The summed E-state index contributed by atoms with van der Waals surface area (Å²) in [7, 11) is 1.49. The van der Waals surface area contributed by atoms with Gasteiger partial charge in [-0.2, -0.15) is 5.26 Å². The summed E-state index contributed by atoms with van der Waals surface area (Å²) in [5.74, 6) is 0.444. The molecule has 1 aromatic rings. The Balaban J connectivity index is 2.98. The maximum atomic E-state index is 8.38. The molecule has 1 aromatic heterocycles. The molecule has 0 aliphatic rings. The van der Waals surface area contributed by atoms with Crippen molar-refractivity contribution < 1.29 is 4.74 Å². The molecular weight excluding hydrogens is 154 g/mol. The maximum Gasteiger partial charge on any atom is 0.155 e. The molecule has 1 heterocycles. The Kier molecular flexibility index (Phi) is 2.79. The SMILES string of the molecule is CO/C(=C\C#N)c1ccncn1. The third-order valence-electron chi connectivity index (χ3n) is 1.25. The summed E-state index contributed by atoms with van der Waals surface area (Å²) in [6, 6.07) is 3.54. The molecule has 60 valence electrons. The van der Waals surface area contributed by atoms with Gasteiger partial charge in [0, 0.05) is 6.20 Å². The van der Waals surface area contributed by atoms with E-state index in [0.717, 1.165) is 0 Å². The number of nitriles is 1. The molecule has 0 aromatic carbocycles. The molecule has 0 spiro atoms. The van der Waals surface area contributed by atoms with Crippen molar-refractivity contribution in [1.82, 2.24) is 9.97 Å². The molecule has 4 heteroatoms. The van der Waals surface area contributed by atoms with E-state index in [1.54, 1.807) is 12.3 Å². The largest absolute Gasteiger partial charge is 0.494 e. The lowest BCUT2D eigenvalue weighted by molar-refractivity contribution is 0.368. The van der Waals surface area contributed by atoms with E-state index in [1.165, 1.54) is 19.5 Å². The van der Waals surface area contributed by atoms with Crippen LogP contribution in [0.3, 0.4) is 0 Å². The lowest BCUT2D eigenvalue weighted by atomic mass is 10.3. The number of ether oxygens (including phenoxy) is 1. The van der Waals surface area contributed by atoms with Crippen LogP contribution in [0.25, 0.3) is 5.76 Å². The minimum absolute atomic E-state index is 0.444. The highest BCUT2D eigenvalue weighted by Gasteiger charge is 1.99. The van der Waals surface area contributed by atoms with Gasteiger partial charge in [0.1, 0.15) is 12.0 Å². The van der Waals surface area contributed by atoms with Crippen molar-refractivity contribution in [1.29, 1.82) is 5.26 Å². The van der Waals surface area contributed by atoms with E-state index in [0.29, 0.717) is 11.5 Å². The van der Waals surface area contributed by atoms with E-state index in [4.69, 9.17) is 10.00 Å². The zero-order valence-corrected chi connectivity index (χ0v) is 6.56. The van der Waals surface area contributed by atoms with Crippen LogP contribution in [0.1, 0.15) is 5.69 Å². The molecule has 0 N–H and O–H groups in total. The molecule has 0 radical (unpaired) electrons. The molecule has 0 unspecified atom stereocenters. The highest BCUT2D eigenvalue weighted by Crippen LogP contribution is 2.09. The molecule has 0 bridgehead atoms. The van der Waals surface area contributed by atoms with Crippen LogP contribution in [0.2, 0.25) is 0 Å². The van der Waals surface area contributed by atoms with Gasteiger partial charge in [0.25, 0.3) is 0 Å². The second-order valence-corrected chi connectivity index (χ2v) is 1.94. The summed E-state index contributed by atoms with van der Waals surface area (Å²) in [4.78, 5) is 7.66. The normalized spacial score (nSPS) is 10.5. The lowest BCUT2D eigenvalue weighted by Crippen LogP contribution is -1.91. The van der Waals surface area contributed by atoms with Gasteiger partial charge >= 0.3 is 0 Å². The fraction of sp³-hybridized carbons (Fsp3) is 0.125. The van der Waals surface area contributed by atoms with Crippen LogP contribution < -0.4 is 0 Å². The van der Waals surface area contributed by atoms with Crippen molar-refractivity contribution in [3.05, 3.63) is 30.4 Å². The Hall–Kier alpha value is -1.89. The average Bonchev–Trinajstić information content (AvgIpc) is 2.15. The number of rotatable bonds is 2. The van der Waals surface area contributed by atoms with Gasteiger partial charge in [0.15, 0.2) is 5.76 Å². The monoisotopic (exact) mass is 161 g/mol. The van der Waals surface area contributed by atoms with Gasteiger partial charge in [0.05, 0.1) is 19.3 Å². The van der Waals surface area contributed by atoms with Gasteiger partial charge in [0.2, 0.25) is 0 Å². The van der Waals surface area contributed by atoms with Crippen LogP contribution in [0.5, 0.6) is 0 Å². The van der Waals surface area contributed by atoms with Crippen LogP contribution in [0.4, 0.5) is 0 Å². The van der Waals surface area contributed by atoms with Gasteiger partial charge in [-0.15, -0.1) is 0 Å². The van der Waals surface area contributed by atoms with Crippen molar-refractivity contribution in [3.8, 4) is 6.07 Å². The Labute approximate surface area is 70.1 Å². The highest BCUT2D eigenvalue weighted by molar-refractivity contribution is 5.57. The second-order valence-electron chi connectivity index (χ2n) is 1.94. The summed E-state index contributed by atoms with van der Waals surface area (Å²) in [6.07, 6.45) is 4.29. The number of nitrogens with zero attached hydrogens (tertiary/aromatic N) is 3. The first-order chi connectivity index (χ1) is 5.88. The fourth-order valence-electron chi connectivity index (χ4n) is 0.733. The second kappa shape index (κ2) is 4.09. The zero-order chi connectivity index (χ0) is 8.81. The lowest BCUT2D eigenvalue weighted by Gasteiger charge is -2.01. The highest BCUT2D eigenvalue weighted by atomic mass is 16.5. The van der Waals surface area contributed by atoms with Crippen molar-refractivity contribution in [2.24, 2.45) is 0 Å². The first-order valence-electron chi connectivity index (χ1n) is 3.28. The van der Waals surface area contributed by atoms with E-state index in [9.17, 15) is 0 Å². The van der Waals surface area contributed by atoms with E-state index >= 15 is 0 Å². The van der Waals surface area contributed by atoms with E-state index in [2.05, 4.69) is 9.97 Å². The summed E-state index contributed by atoms with van der Waals surface area (Å²) in [6.45, 7) is 0. The summed E-state index contributed by atoms with van der Waals surface area (Å²) < 4.78 is 4.93. The van der Waals surface area contributed by atoms with Crippen LogP contribution in [-0.2, 0) is 4.74 Å². The standard InChI is InChI=1S/C8H7N3O/c1-12-8(2-4-9)7-3-5-10-6-11-7/h2-3,5-6H,1H3/b8-2-. The molecule has 0 aliphatic carbocycles. The zero-order valence-electron chi connectivity index (χ0n) is 6.56. The molecule has 0 saturated heterocycles. The predicted octanol–water partition coefficient (Wildman–Crippen LogP) is 0.987. The number of aromatic nitrogens is 2. The molecule has 0 fully saturated rings. The predicted molar refractivity (Wildman–Crippen MR) is 42.6 cm³/mol. The van der Waals surface area contributed by atoms with E-state index in [-0.39, 0.29) is 0 Å². The first-order valence-corrected chi connectivity index (χ1v) is 3.28. The summed E-state index contributed by atoms with van der Waals surface area (Å²) in [5, 5.41) is 8.38. The minimum Gasteiger partial charge on any atom is -0.494 e. The first kappa shape index (κ1) is 8.21. The third kappa shape index (κ3) is 1.80. The van der Waals surface area contributed by atoms with Crippen molar-refractivity contribution >= 4 is 5.76 Å². The van der Waals surface area contributed by atoms with Crippen LogP contribution in [0, 0.1) is 11.3 Å². The molecule has 1 rings (SSSR count). The van der Waals surface area contributed by atoms with E-state index < -0.39 is 0 Å². The van der Waals surface area contributed by atoms with Crippen molar-refractivity contribution in [2.45, 2.75) is 0 Å². The minimum atomic E-state index is 0.444. The molecular formula is C8H7N3O. The number of hydrogen-bond acceptors (Lipinski definition) is 4. The maximum absolute atomic E-state index is 8.38. The summed E-state index contributed by atoms with van der Waals surface area (Å²) >= 11 is 0. The summed E-state index contributed by atoms with van der Waals surface area (Å²) in [5.41, 5.74) is 0.606. The van der Waals surface area contributed by atoms with E-state index in [1.807, 2.05) is 6.07 Å². The smallest absolute Gasteiger partial charge is 0.155 e. The van der Waals surface area contributed by atoms with Gasteiger partial charge in [-0.3, -0.25) is 0 Å². The average molecular weight is 161 g/mol. The Morgan fingerprint density at radius 1 is 1.75 bits per heavy atom. The topological polar surface area (TPSA) is 58.8 Å². The van der Waals surface area contributed by atoms with Gasteiger partial charge in [-0.25, -0.2) is 9.97 Å². The Bertz CT molecular complexity index is 313. The number of methoxy groups -OCH3 is 1. The van der Waals surface area contributed by atoms with Crippen molar-refractivity contribution in [2.75, 3.05) is 7.11 Å². The molecule has 4 nitrogen and oxygen atoms in total. The molecule has 12 heavy (non-hydrogen) atoms. The number of hydrogen-bond donors (Lipinski definition) is 0. The van der Waals surface area contributed by atoms with Crippen LogP contribution in [0.15, 0.2) is 24.7 Å². The Morgan fingerprint density at radius 3 is 3.08 bits per heavy atom. The molecule has 0 saturated carbocycles. The van der Waals surface area contributed by atoms with Gasteiger partial charge in [-0.1, -0.05) is 0 Å². The Morgan fingerprint density at radius 2 is 2.58 bits per heavy atom. The quantitative estimate of drug-likeness (QED) is 0.479. The molecule has 0 atom stereocenters. The van der Waals surface area contributed by atoms with Crippen LogP contribution >= 0.6 is 0 Å². The van der Waals surface area contributed by atoms with Crippen LogP contribution in [-0.4, -0.2) is 17.1 Å². The number of allylic oxidation sites excluding steroid dienone is 1.